The molecule has 1 N–H and O–H groups in total. The summed E-state index contributed by atoms with van der Waals surface area (Å²) >= 11 is 0. The van der Waals surface area contributed by atoms with Crippen molar-refractivity contribution >= 4 is 11.9 Å². The standard InChI is InChI=1S/C20H19N3O4/c1-20(15-5-9-16(26-2)10-6-15)18(24)23(19(25)22-20)11-12-27-17-7-3-14(13-21)4-8-17/h3-10H,11-12H2,1-2H3,(H,22,25)/t20-/m0/s1. The topological polar surface area (TPSA) is 91.7 Å². The van der Waals surface area contributed by atoms with Crippen molar-refractivity contribution in [2.24, 2.45) is 0 Å². The molecule has 138 valence electrons. The van der Waals surface area contributed by atoms with Gasteiger partial charge in [-0.3, -0.25) is 9.69 Å². The maximum Gasteiger partial charge on any atom is 0.325 e. The van der Waals surface area contributed by atoms with E-state index in [1.807, 2.05) is 6.07 Å². The molecule has 0 radical (unpaired) electrons. The third kappa shape index (κ3) is 3.55. The number of nitrogens with one attached hydrogen (secondary N) is 1. The molecule has 2 aromatic carbocycles. The third-order valence-electron chi connectivity index (χ3n) is 4.51. The number of benzene rings is 2. The molecule has 3 amide bonds. The van der Waals surface area contributed by atoms with E-state index in [1.54, 1.807) is 62.6 Å². The SMILES string of the molecule is COc1ccc([C@]2(C)NC(=O)N(CCOc3ccc(C#N)cc3)C2=O)cc1. The number of hydrogen-bond donors (Lipinski definition) is 1. The van der Waals surface area contributed by atoms with Crippen LogP contribution in [-0.4, -0.2) is 37.1 Å². The second kappa shape index (κ2) is 7.38. The number of methoxy groups -OCH3 is 1. The Bertz CT molecular complexity index is 887. The molecule has 1 atom stereocenters. The summed E-state index contributed by atoms with van der Waals surface area (Å²) in [6, 6.07) is 15.2. The first-order valence-electron chi connectivity index (χ1n) is 8.39. The second-order valence-electron chi connectivity index (χ2n) is 6.23. The lowest BCUT2D eigenvalue weighted by Crippen LogP contribution is -2.41. The fourth-order valence-electron chi connectivity index (χ4n) is 2.90. The van der Waals surface area contributed by atoms with Crippen molar-refractivity contribution in [1.29, 1.82) is 5.26 Å². The molecule has 3 rings (SSSR count). The Morgan fingerprint density at radius 2 is 1.70 bits per heavy atom. The minimum atomic E-state index is -1.13. The van der Waals surface area contributed by atoms with Crippen LogP contribution in [0.2, 0.25) is 0 Å². The summed E-state index contributed by atoms with van der Waals surface area (Å²) in [6.45, 7) is 1.96. The van der Waals surface area contributed by atoms with Crippen LogP contribution in [0, 0.1) is 11.3 Å². The predicted molar refractivity (Wildman–Crippen MR) is 97.2 cm³/mol. The zero-order chi connectivity index (χ0) is 19.4. The van der Waals surface area contributed by atoms with Crippen molar-refractivity contribution in [3.8, 4) is 17.6 Å². The number of hydrogen-bond acceptors (Lipinski definition) is 5. The summed E-state index contributed by atoms with van der Waals surface area (Å²) in [5, 5.41) is 11.5. The first-order valence-corrected chi connectivity index (χ1v) is 8.39. The number of rotatable bonds is 6. The maximum absolute atomic E-state index is 12.8. The number of carbonyl (C=O) groups is 2. The molecule has 0 bridgehead atoms. The van der Waals surface area contributed by atoms with Crippen molar-refractivity contribution < 1.29 is 19.1 Å². The molecule has 0 saturated carbocycles. The number of ether oxygens (including phenoxy) is 2. The molecule has 1 aliphatic rings. The fraction of sp³-hybridized carbons (Fsp3) is 0.250. The summed E-state index contributed by atoms with van der Waals surface area (Å²) in [7, 11) is 1.56. The molecule has 0 unspecified atom stereocenters. The van der Waals surface area contributed by atoms with E-state index in [1.165, 1.54) is 0 Å². The lowest BCUT2D eigenvalue weighted by Gasteiger charge is -2.22. The zero-order valence-corrected chi connectivity index (χ0v) is 15.1. The van der Waals surface area contributed by atoms with Crippen molar-refractivity contribution in [2.75, 3.05) is 20.3 Å². The van der Waals surface area contributed by atoms with Gasteiger partial charge in [0.1, 0.15) is 23.6 Å². The molecule has 0 spiro atoms. The molecule has 2 aromatic rings. The Kier molecular flexibility index (Phi) is 4.99. The van der Waals surface area contributed by atoms with Crippen LogP contribution in [0.25, 0.3) is 0 Å². The van der Waals surface area contributed by atoms with Crippen LogP contribution in [0.1, 0.15) is 18.1 Å². The molecule has 27 heavy (non-hydrogen) atoms. The van der Waals surface area contributed by atoms with Gasteiger partial charge in [0.05, 0.1) is 25.3 Å². The van der Waals surface area contributed by atoms with Crippen molar-refractivity contribution in [1.82, 2.24) is 10.2 Å². The summed E-state index contributed by atoms with van der Waals surface area (Å²) in [6.07, 6.45) is 0. The van der Waals surface area contributed by atoms with Gasteiger partial charge in [0.25, 0.3) is 5.91 Å². The van der Waals surface area contributed by atoms with Crippen LogP contribution in [0.4, 0.5) is 4.79 Å². The van der Waals surface area contributed by atoms with E-state index >= 15 is 0 Å². The Morgan fingerprint density at radius 3 is 2.30 bits per heavy atom. The normalized spacial score (nSPS) is 18.8. The van der Waals surface area contributed by atoms with E-state index < -0.39 is 11.6 Å². The Hall–Kier alpha value is -3.53. The highest BCUT2D eigenvalue weighted by Crippen LogP contribution is 2.29. The van der Waals surface area contributed by atoms with Gasteiger partial charge in [-0.2, -0.15) is 5.26 Å². The molecule has 1 aliphatic heterocycles. The van der Waals surface area contributed by atoms with Crippen LogP contribution in [0.3, 0.4) is 0 Å². The molecule has 1 saturated heterocycles. The van der Waals surface area contributed by atoms with Gasteiger partial charge in [-0.1, -0.05) is 12.1 Å². The monoisotopic (exact) mass is 365 g/mol. The number of imide groups is 1. The van der Waals surface area contributed by atoms with Crippen LogP contribution in [-0.2, 0) is 10.3 Å². The average Bonchev–Trinajstić information content (AvgIpc) is 2.92. The highest BCUT2D eigenvalue weighted by atomic mass is 16.5. The highest BCUT2D eigenvalue weighted by Gasteiger charge is 2.48. The van der Waals surface area contributed by atoms with Gasteiger partial charge in [-0.05, 0) is 48.9 Å². The molecule has 1 heterocycles. The smallest absolute Gasteiger partial charge is 0.325 e. The fourth-order valence-corrected chi connectivity index (χ4v) is 2.90. The Labute approximate surface area is 157 Å². The van der Waals surface area contributed by atoms with E-state index in [2.05, 4.69) is 5.32 Å². The predicted octanol–water partition coefficient (Wildman–Crippen LogP) is 2.41. The quantitative estimate of drug-likeness (QED) is 0.794. The van der Waals surface area contributed by atoms with Gasteiger partial charge < -0.3 is 14.8 Å². The van der Waals surface area contributed by atoms with Crippen molar-refractivity contribution in [3.63, 3.8) is 0 Å². The molecule has 1 fully saturated rings. The molecular formula is C20H19N3O4. The average molecular weight is 365 g/mol. The van der Waals surface area contributed by atoms with Gasteiger partial charge in [0, 0.05) is 0 Å². The molecule has 0 aromatic heterocycles. The number of amides is 3. The van der Waals surface area contributed by atoms with Gasteiger partial charge >= 0.3 is 6.03 Å². The van der Waals surface area contributed by atoms with Crippen LogP contribution >= 0.6 is 0 Å². The third-order valence-corrected chi connectivity index (χ3v) is 4.51. The van der Waals surface area contributed by atoms with Crippen LogP contribution in [0.15, 0.2) is 48.5 Å². The highest BCUT2D eigenvalue weighted by molar-refractivity contribution is 6.07. The summed E-state index contributed by atoms with van der Waals surface area (Å²) in [5.41, 5.74) is 0.0847. The molecular weight excluding hydrogens is 346 g/mol. The van der Waals surface area contributed by atoms with Gasteiger partial charge in [0.15, 0.2) is 0 Å². The van der Waals surface area contributed by atoms with Gasteiger partial charge in [-0.25, -0.2) is 4.79 Å². The van der Waals surface area contributed by atoms with Crippen molar-refractivity contribution in [3.05, 3.63) is 59.7 Å². The van der Waals surface area contributed by atoms with Crippen LogP contribution < -0.4 is 14.8 Å². The Morgan fingerprint density at radius 1 is 1.07 bits per heavy atom. The van der Waals surface area contributed by atoms with E-state index in [4.69, 9.17) is 14.7 Å². The maximum atomic E-state index is 12.8. The van der Waals surface area contributed by atoms with Gasteiger partial charge in [-0.15, -0.1) is 0 Å². The summed E-state index contributed by atoms with van der Waals surface area (Å²) in [5.74, 6) is 0.909. The van der Waals surface area contributed by atoms with Gasteiger partial charge in [0.2, 0.25) is 0 Å². The lowest BCUT2D eigenvalue weighted by atomic mass is 9.92. The minimum Gasteiger partial charge on any atom is -0.497 e. The molecule has 7 heteroatoms. The largest absolute Gasteiger partial charge is 0.497 e. The van der Waals surface area contributed by atoms with Crippen molar-refractivity contribution in [2.45, 2.75) is 12.5 Å². The number of nitriles is 1. The van der Waals surface area contributed by atoms with E-state index in [0.29, 0.717) is 22.6 Å². The van der Waals surface area contributed by atoms with E-state index in [0.717, 1.165) is 4.90 Å². The zero-order valence-electron chi connectivity index (χ0n) is 15.1. The number of nitrogens with zero attached hydrogens (tertiary/aromatic N) is 2. The van der Waals surface area contributed by atoms with E-state index in [9.17, 15) is 9.59 Å². The van der Waals surface area contributed by atoms with Crippen LogP contribution in [0.5, 0.6) is 11.5 Å². The second-order valence-corrected chi connectivity index (χ2v) is 6.23. The number of carbonyl (C=O) groups excluding carboxylic acids is 2. The molecule has 7 nitrogen and oxygen atoms in total. The summed E-state index contributed by atoms with van der Waals surface area (Å²) in [4.78, 5) is 26.3. The number of urea groups is 1. The minimum absolute atomic E-state index is 0.121. The first-order chi connectivity index (χ1) is 13.0. The summed E-state index contributed by atoms with van der Waals surface area (Å²) < 4.78 is 10.7. The first kappa shape index (κ1) is 18.3. The molecule has 0 aliphatic carbocycles. The van der Waals surface area contributed by atoms with E-state index in [-0.39, 0.29) is 19.1 Å². The lowest BCUT2D eigenvalue weighted by molar-refractivity contribution is -0.131. The Balaban J connectivity index is 1.65.